The van der Waals surface area contributed by atoms with E-state index in [1.54, 1.807) is 23.6 Å². The monoisotopic (exact) mass is 527 g/mol. The lowest BCUT2D eigenvalue weighted by molar-refractivity contribution is -0.384. The SMILES string of the molecule is CC(Oc1ccccc1F)c1nnc(SCC(=O)Nc2cc([N+](=O)[O-])ccc2Cl)n1-c1ccccc1. The Morgan fingerprint density at radius 1 is 1.17 bits per heavy atom. The van der Waals surface area contributed by atoms with E-state index < -0.39 is 22.8 Å². The Morgan fingerprint density at radius 2 is 1.89 bits per heavy atom. The lowest BCUT2D eigenvalue weighted by Crippen LogP contribution is -2.15. The highest BCUT2D eigenvalue weighted by Gasteiger charge is 2.22. The third-order valence-corrected chi connectivity index (χ3v) is 6.20. The first-order valence-corrected chi connectivity index (χ1v) is 12.0. The molecule has 0 saturated heterocycles. The van der Waals surface area contributed by atoms with Crippen molar-refractivity contribution in [2.75, 3.05) is 11.1 Å². The summed E-state index contributed by atoms with van der Waals surface area (Å²) in [6.07, 6.45) is -0.665. The fourth-order valence-corrected chi connectivity index (χ4v) is 4.20. The number of aromatic nitrogens is 3. The number of hydrogen-bond acceptors (Lipinski definition) is 7. The summed E-state index contributed by atoms with van der Waals surface area (Å²) in [5.74, 6) is -0.528. The molecule has 1 aromatic heterocycles. The zero-order valence-electron chi connectivity index (χ0n) is 18.8. The van der Waals surface area contributed by atoms with Crippen LogP contribution in [0.2, 0.25) is 5.02 Å². The molecule has 1 amide bonds. The fraction of sp³-hybridized carbons (Fsp3) is 0.125. The quantitative estimate of drug-likeness (QED) is 0.165. The maximum absolute atomic E-state index is 14.1. The second kappa shape index (κ2) is 11.2. The van der Waals surface area contributed by atoms with E-state index in [0.717, 1.165) is 17.4 Å². The first-order chi connectivity index (χ1) is 17.3. The van der Waals surface area contributed by atoms with Gasteiger partial charge in [0.15, 0.2) is 28.7 Å². The van der Waals surface area contributed by atoms with Crippen LogP contribution in [0.5, 0.6) is 5.75 Å². The molecule has 0 aliphatic rings. The van der Waals surface area contributed by atoms with Crippen LogP contribution in [-0.2, 0) is 4.79 Å². The van der Waals surface area contributed by atoms with E-state index in [0.29, 0.717) is 11.0 Å². The molecule has 0 aliphatic heterocycles. The highest BCUT2D eigenvalue weighted by atomic mass is 35.5. The van der Waals surface area contributed by atoms with Gasteiger partial charge in [-0.3, -0.25) is 19.5 Å². The van der Waals surface area contributed by atoms with Crippen molar-refractivity contribution in [3.05, 3.63) is 99.6 Å². The minimum absolute atomic E-state index is 0.0768. The first kappa shape index (κ1) is 25.1. The van der Waals surface area contributed by atoms with E-state index in [-0.39, 0.29) is 27.9 Å². The summed E-state index contributed by atoms with van der Waals surface area (Å²) < 4.78 is 21.6. The number of para-hydroxylation sites is 2. The molecule has 1 N–H and O–H groups in total. The summed E-state index contributed by atoms with van der Waals surface area (Å²) in [6, 6.07) is 19.1. The van der Waals surface area contributed by atoms with Crippen LogP contribution in [0, 0.1) is 15.9 Å². The molecule has 1 atom stereocenters. The Kier molecular flexibility index (Phi) is 7.81. The largest absolute Gasteiger partial charge is 0.480 e. The van der Waals surface area contributed by atoms with E-state index in [1.165, 1.54) is 30.3 Å². The van der Waals surface area contributed by atoms with Gasteiger partial charge in [0.05, 0.1) is 21.4 Å². The predicted molar refractivity (Wildman–Crippen MR) is 134 cm³/mol. The molecule has 4 rings (SSSR count). The topological polar surface area (TPSA) is 112 Å². The van der Waals surface area contributed by atoms with Gasteiger partial charge in [-0.25, -0.2) is 4.39 Å². The molecular formula is C24H19ClFN5O4S. The number of nitrogens with one attached hydrogen (secondary N) is 1. The number of benzene rings is 3. The van der Waals surface area contributed by atoms with E-state index in [2.05, 4.69) is 15.5 Å². The van der Waals surface area contributed by atoms with Crippen molar-refractivity contribution in [1.82, 2.24) is 14.8 Å². The summed E-state index contributed by atoms with van der Waals surface area (Å²) in [6.45, 7) is 1.72. The lowest BCUT2D eigenvalue weighted by Gasteiger charge is -2.17. The number of rotatable bonds is 9. The van der Waals surface area contributed by atoms with Gasteiger partial charge in [0, 0.05) is 17.8 Å². The van der Waals surface area contributed by atoms with Gasteiger partial charge in [-0.05, 0) is 37.3 Å². The molecule has 184 valence electrons. The van der Waals surface area contributed by atoms with Gasteiger partial charge in [0.25, 0.3) is 5.69 Å². The molecule has 9 nitrogen and oxygen atoms in total. The van der Waals surface area contributed by atoms with Crippen molar-refractivity contribution >= 4 is 40.6 Å². The summed E-state index contributed by atoms with van der Waals surface area (Å²) in [4.78, 5) is 23.0. The summed E-state index contributed by atoms with van der Waals surface area (Å²) in [5.41, 5.74) is 0.666. The van der Waals surface area contributed by atoms with Crippen LogP contribution in [0.4, 0.5) is 15.8 Å². The zero-order valence-corrected chi connectivity index (χ0v) is 20.4. The van der Waals surface area contributed by atoms with Gasteiger partial charge in [0.2, 0.25) is 5.91 Å². The van der Waals surface area contributed by atoms with Crippen molar-refractivity contribution < 1.29 is 18.8 Å². The standard InChI is InChI=1S/C24H19ClFN5O4S/c1-15(35-21-10-6-5-9-19(21)26)23-28-29-24(30(23)16-7-3-2-4-8-16)36-14-22(32)27-20-13-17(31(33)34)11-12-18(20)25/h2-13,15H,14H2,1H3,(H,27,32). The van der Waals surface area contributed by atoms with Gasteiger partial charge >= 0.3 is 0 Å². The average Bonchev–Trinajstić information content (AvgIpc) is 3.30. The molecule has 4 aromatic rings. The number of non-ortho nitro benzene ring substituents is 1. The number of nitro benzene ring substituents is 1. The molecule has 0 radical (unpaired) electrons. The molecule has 0 spiro atoms. The van der Waals surface area contributed by atoms with Crippen LogP contribution in [0.25, 0.3) is 5.69 Å². The normalized spacial score (nSPS) is 11.6. The highest BCUT2D eigenvalue weighted by molar-refractivity contribution is 7.99. The van der Waals surface area contributed by atoms with Gasteiger partial charge in [-0.2, -0.15) is 0 Å². The fourth-order valence-electron chi connectivity index (χ4n) is 3.28. The van der Waals surface area contributed by atoms with Crippen molar-refractivity contribution in [3.63, 3.8) is 0 Å². The van der Waals surface area contributed by atoms with Crippen LogP contribution in [0.15, 0.2) is 78.0 Å². The molecule has 0 fully saturated rings. The van der Waals surface area contributed by atoms with Crippen molar-refractivity contribution in [2.24, 2.45) is 0 Å². The minimum atomic E-state index is -0.665. The van der Waals surface area contributed by atoms with E-state index in [9.17, 15) is 19.3 Å². The predicted octanol–water partition coefficient (Wildman–Crippen LogP) is 5.84. The Balaban J connectivity index is 1.55. The minimum Gasteiger partial charge on any atom is -0.480 e. The third kappa shape index (κ3) is 5.81. The number of anilines is 1. The highest BCUT2D eigenvalue weighted by Crippen LogP contribution is 2.30. The van der Waals surface area contributed by atoms with Gasteiger partial charge in [-0.1, -0.05) is 53.7 Å². The van der Waals surface area contributed by atoms with E-state index in [4.69, 9.17) is 16.3 Å². The number of amides is 1. The van der Waals surface area contributed by atoms with Crippen LogP contribution >= 0.6 is 23.4 Å². The summed E-state index contributed by atoms with van der Waals surface area (Å²) in [7, 11) is 0. The second-order valence-electron chi connectivity index (χ2n) is 7.46. The molecule has 36 heavy (non-hydrogen) atoms. The van der Waals surface area contributed by atoms with Crippen LogP contribution in [0.1, 0.15) is 18.9 Å². The average molecular weight is 528 g/mol. The molecule has 0 saturated carbocycles. The zero-order chi connectivity index (χ0) is 25.7. The molecular weight excluding hydrogens is 509 g/mol. The Bertz CT molecular complexity index is 1400. The maximum atomic E-state index is 14.1. The Morgan fingerprint density at radius 3 is 2.61 bits per heavy atom. The van der Waals surface area contributed by atoms with E-state index >= 15 is 0 Å². The van der Waals surface area contributed by atoms with Gasteiger partial charge in [-0.15, -0.1) is 10.2 Å². The van der Waals surface area contributed by atoms with Crippen molar-refractivity contribution in [2.45, 2.75) is 18.2 Å². The number of hydrogen-bond donors (Lipinski definition) is 1. The lowest BCUT2D eigenvalue weighted by atomic mass is 10.3. The molecule has 3 aromatic carbocycles. The van der Waals surface area contributed by atoms with E-state index in [1.807, 2.05) is 30.3 Å². The molecule has 0 bridgehead atoms. The van der Waals surface area contributed by atoms with Crippen LogP contribution in [0.3, 0.4) is 0 Å². The van der Waals surface area contributed by atoms with Gasteiger partial charge in [0.1, 0.15) is 0 Å². The molecule has 1 heterocycles. The van der Waals surface area contributed by atoms with Crippen molar-refractivity contribution in [1.29, 1.82) is 0 Å². The number of halogens is 2. The molecule has 0 aliphatic carbocycles. The van der Waals surface area contributed by atoms with Crippen LogP contribution < -0.4 is 10.1 Å². The first-order valence-electron chi connectivity index (χ1n) is 10.6. The third-order valence-electron chi connectivity index (χ3n) is 4.94. The number of ether oxygens (including phenoxy) is 1. The molecule has 1 unspecified atom stereocenters. The summed E-state index contributed by atoms with van der Waals surface area (Å²) in [5, 5.41) is 22.6. The number of nitrogens with zero attached hydrogens (tertiary/aromatic N) is 4. The summed E-state index contributed by atoms with van der Waals surface area (Å²) >= 11 is 7.18. The number of nitro groups is 1. The maximum Gasteiger partial charge on any atom is 0.271 e. The number of carbonyl (C=O) groups is 1. The second-order valence-corrected chi connectivity index (χ2v) is 8.81. The number of thioether (sulfide) groups is 1. The Hall–Kier alpha value is -3.96. The molecule has 12 heteroatoms. The van der Waals surface area contributed by atoms with Gasteiger partial charge < -0.3 is 10.1 Å². The smallest absolute Gasteiger partial charge is 0.271 e. The van der Waals surface area contributed by atoms with Crippen molar-refractivity contribution in [3.8, 4) is 11.4 Å². The Labute approximate surface area is 214 Å². The van der Waals surface area contributed by atoms with Crippen LogP contribution in [-0.4, -0.2) is 31.3 Å². The number of carbonyl (C=O) groups excluding carboxylic acids is 1.